The van der Waals surface area contributed by atoms with E-state index in [-0.39, 0.29) is 18.7 Å². The van der Waals surface area contributed by atoms with E-state index in [1.165, 1.54) is 0 Å². The normalized spacial score (nSPS) is 11.5. The van der Waals surface area contributed by atoms with Crippen LogP contribution in [0.15, 0.2) is 45.6 Å². The Morgan fingerprint density at radius 1 is 1.16 bits per heavy atom. The highest BCUT2D eigenvalue weighted by atomic mass is 19.2. The number of fused-ring (bicyclic) bond motifs is 3. The van der Waals surface area contributed by atoms with Crippen LogP contribution in [-0.4, -0.2) is 33.9 Å². The van der Waals surface area contributed by atoms with E-state index < -0.39 is 34.6 Å². The highest BCUT2D eigenvalue weighted by Gasteiger charge is 2.19. The number of H-pyrrole nitrogens is 1. The van der Waals surface area contributed by atoms with E-state index in [1.54, 1.807) is 23.1 Å². The van der Waals surface area contributed by atoms with Gasteiger partial charge >= 0.3 is 0 Å². The van der Waals surface area contributed by atoms with E-state index in [0.717, 1.165) is 12.1 Å². The standard InChI is InChI=1S/C22H19F3N4O3/c1-2-9-29(11-17(30)26-14-8-7-13(23)18(24)19(14)25)10-16-27-20-12-5-3-4-6-15(12)32-21(20)22(31)28-16/h3-8H,2,9-11H2,1H3,(H,26,30)(H,27,28,31). The predicted molar refractivity (Wildman–Crippen MR) is 113 cm³/mol. The largest absolute Gasteiger partial charge is 0.449 e. The third-order valence-corrected chi connectivity index (χ3v) is 4.87. The van der Waals surface area contributed by atoms with Gasteiger partial charge < -0.3 is 14.7 Å². The molecule has 7 nitrogen and oxygen atoms in total. The van der Waals surface area contributed by atoms with E-state index in [2.05, 4.69) is 15.3 Å². The van der Waals surface area contributed by atoms with Crippen LogP contribution >= 0.6 is 0 Å². The first-order valence-electron chi connectivity index (χ1n) is 9.93. The van der Waals surface area contributed by atoms with Gasteiger partial charge in [0.05, 0.1) is 18.8 Å². The van der Waals surface area contributed by atoms with E-state index in [4.69, 9.17) is 4.42 Å². The summed E-state index contributed by atoms with van der Waals surface area (Å²) in [5.74, 6) is -4.76. The van der Waals surface area contributed by atoms with Crippen LogP contribution in [0.4, 0.5) is 18.9 Å². The van der Waals surface area contributed by atoms with Crippen molar-refractivity contribution in [2.24, 2.45) is 0 Å². The molecule has 0 atom stereocenters. The first kappa shape index (κ1) is 21.6. The molecule has 0 aliphatic heterocycles. The van der Waals surface area contributed by atoms with Gasteiger partial charge in [0.1, 0.15) is 16.9 Å². The molecule has 0 aliphatic carbocycles. The van der Waals surface area contributed by atoms with Crippen molar-refractivity contribution in [1.29, 1.82) is 0 Å². The number of carbonyl (C=O) groups excluding carboxylic acids is 1. The van der Waals surface area contributed by atoms with Crippen molar-refractivity contribution in [2.45, 2.75) is 19.9 Å². The smallest absolute Gasteiger partial charge is 0.294 e. The van der Waals surface area contributed by atoms with E-state index in [9.17, 15) is 22.8 Å². The molecule has 0 saturated heterocycles. The molecule has 4 rings (SSSR count). The van der Waals surface area contributed by atoms with Gasteiger partial charge in [-0.05, 0) is 37.2 Å². The summed E-state index contributed by atoms with van der Waals surface area (Å²) in [6.07, 6.45) is 0.688. The summed E-state index contributed by atoms with van der Waals surface area (Å²) in [5, 5.41) is 2.94. The minimum atomic E-state index is -1.66. The number of aromatic amines is 1. The molecule has 0 fully saturated rings. The maximum absolute atomic E-state index is 13.8. The molecule has 2 N–H and O–H groups in total. The molecular formula is C22H19F3N4O3. The monoisotopic (exact) mass is 444 g/mol. The number of halogens is 3. The Morgan fingerprint density at radius 2 is 1.94 bits per heavy atom. The number of carbonyl (C=O) groups is 1. The summed E-state index contributed by atoms with van der Waals surface area (Å²) >= 11 is 0. The first-order chi connectivity index (χ1) is 15.4. The second-order valence-corrected chi connectivity index (χ2v) is 7.27. The quantitative estimate of drug-likeness (QED) is 0.422. The first-order valence-corrected chi connectivity index (χ1v) is 9.93. The van der Waals surface area contributed by atoms with Crippen LogP contribution in [-0.2, 0) is 11.3 Å². The molecule has 2 aromatic carbocycles. The number of para-hydroxylation sites is 1. The second kappa shape index (κ2) is 8.83. The Morgan fingerprint density at radius 3 is 2.72 bits per heavy atom. The van der Waals surface area contributed by atoms with Crippen molar-refractivity contribution in [2.75, 3.05) is 18.4 Å². The van der Waals surface area contributed by atoms with Crippen LogP contribution in [0.2, 0.25) is 0 Å². The molecule has 10 heteroatoms. The third kappa shape index (κ3) is 4.22. The maximum atomic E-state index is 13.8. The fraction of sp³-hybridized carbons (Fsp3) is 0.227. The molecule has 0 bridgehead atoms. The molecule has 4 aromatic rings. The van der Waals surface area contributed by atoms with Gasteiger partial charge in [-0.25, -0.2) is 18.2 Å². The number of rotatable bonds is 7. The van der Waals surface area contributed by atoms with Crippen LogP contribution in [0.5, 0.6) is 0 Å². The Labute approximate surface area is 179 Å². The Bertz CT molecular complexity index is 1370. The lowest BCUT2D eigenvalue weighted by Gasteiger charge is -2.20. The lowest BCUT2D eigenvalue weighted by molar-refractivity contribution is -0.117. The van der Waals surface area contributed by atoms with Gasteiger partial charge in [0.2, 0.25) is 11.5 Å². The molecular weight excluding hydrogens is 425 g/mol. The predicted octanol–water partition coefficient (Wildman–Crippen LogP) is 3.94. The van der Waals surface area contributed by atoms with Crippen LogP contribution < -0.4 is 10.9 Å². The summed E-state index contributed by atoms with van der Waals surface area (Å²) in [5.41, 5.74) is 0.178. The number of benzene rings is 2. The molecule has 0 spiro atoms. The second-order valence-electron chi connectivity index (χ2n) is 7.27. The van der Waals surface area contributed by atoms with Crippen molar-refractivity contribution in [3.63, 3.8) is 0 Å². The Hall–Kier alpha value is -3.66. The summed E-state index contributed by atoms with van der Waals surface area (Å²) in [4.78, 5) is 33.7. The summed E-state index contributed by atoms with van der Waals surface area (Å²) in [6, 6.07) is 8.82. The average Bonchev–Trinajstić information content (AvgIpc) is 3.14. The zero-order chi connectivity index (χ0) is 22.8. The molecule has 0 unspecified atom stereocenters. The number of anilines is 1. The number of nitrogens with zero attached hydrogens (tertiary/aromatic N) is 2. The molecule has 2 aromatic heterocycles. The van der Waals surface area contributed by atoms with Crippen LogP contribution in [0.1, 0.15) is 19.2 Å². The molecule has 0 saturated carbocycles. The SMILES string of the molecule is CCCN(CC(=O)Nc1ccc(F)c(F)c1F)Cc1nc2c(oc3ccccc32)c(=O)[nH]1. The number of furan rings is 1. The lowest BCUT2D eigenvalue weighted by Crippen LogP contribution is -2.34. The number of amides is 1. The highest BCUT2D eigenvalue weighted by Crippen LogP contribution is 2.24. The molecule has 0 aliphatic rings. The molecule has 32 heavy (non-hydrogen) atoms. The van der Waals surface area contributed by atoms with Gasteiger partial charge in [0, 0.05) is 5.39 Å². The van der Waals surface area contributed by atoms with E-state index in [0.29, 0.717) is 35.3 Å². The van der Waals surface area contributed by atoms with E-state index in [1.807, 2.05) is 13.0 Å². The summed E-state index contributed by atoms with van der Waals surface area (Å²) < 4.78 is 45.9. The van der Waals surface area contributed by atoms with Gasteiger partial charge in [0.25, 0.3) is 5.56 Å². The minimum Gasteiger partial charge on any atom is -0.449 e. The number of aromatic nitrogens is 2. The molecule has 2 heterocycles. The van der Waals surface area contributed by atoms with Crippen molar-refractivity contribution < 1.29 is 22.4 Å². The van der Waals surface area contributed by atoms with Crippen molar-refractivity contribution in [3.05, 3.63) is 70.0 Å². The lowest BCUT2D eigenvalue weighted by atomic mass is 10.2. The number of nitrogens with one attached hydrogen (secondary N) is 2. The van der Waals surface area contributed by atoms with Crippen LogP contribution in [0.3, 0.4) is 0 Å². The molecule has 0 radical (unpaired) electrons. The minimum absolute atomic E-state index is 0.114. The van der Waals surface area contributed by atoms with Crippen LogP contribution in [0, 0.1) is 17.5 Å². The van der Waals surface area contributed by atoms with Crippen molar-refractivity contribution in [3.8, 4) is 0 Å². The fourth-order valence-corrected chi connectivity index (χ4v) is 3.48. The van der Waals surface area contributed by atoms with Gasteiger partial charge in [0.15, 0.2) is 17.5 Å². The van der Waals surface area contributed by atoms with Crippen LogP contribution in [0.25, 0.3) is 22.1 Å². The van der Waals surface area contributed by atoms with E-state index >= 15 is 0 Å². The van der Waals surface area contributed by atoms with Crippen molar-refractivity contribution >= 4 is 33.7 Å². The fourth-order valence-electron chi connectivity index (χ4n) is 3.48. The van der Waals surface area contributed by atoms with Gasteiger partial charge in [-0.1, -0.05) is 19.1 Å². The zero-order valence-electron chi connectivity index (χ0n) is 17.0. The Balaban J connectivity index is 1.55. The number of hydrogen-bond donors (Lipinski definition) is 2. The summed E-state index contributed by atoms with van der Waals surface area (Å²) in [7, 11) is 0. The van der Waals surface area contributed by atoms with Gasteiger partial charge in [-0.15, -0.1) is 0 Å². The Kier molecular flexibility index (Phi) is 5.95. The summed E-state index contributed by atoms with van der Waals surface area (Å²) in [6.45, 7) is 2.33. The topological polar surface area (TPSA) is 91.2 Å². The van der Waals surface area contributed by atoms with Gasteiger partial charge in [-0.3, -0.25) is 14.5 Å². The number of hydrogen-bond acceptors (Lipinski definition) is 5. The maximum Gasteiger partial charge on any atom is 0.294 e. The zero-order valence-corrected chi connectivity index (χ0v) is 17.0. The third-order valence-electron chi connectivity index (χ3n) is 4.87. The highest BCUT2D eigenvalue weighted by molar-refractivity contribution is 6.01. The molecule has 166 valence electrons. The molecule has 1 amide bonds. The van der Waals surface area contributed by atoms with Crippen molar-refractivity contribution in [1.82, 2.24) is 14.9 Å². The van der Waals surface area contributed by atoms with Gasteiger partial charge in [-0.2, -0.15) is 0 Å². The average molecular weight is 444 g/mol.